The van der Waals surface area contributed by atoms with Crippen LogP contribution in [0.25, 0.3) is 0 Å². The molecule has 160 valence electrons. The van der Waals surface area contributed by atoms with E-state index < -0.39 is 11.8 Å². The van der Waals surface area contributed by atoms with E-state index in [2.05, 4.69) is 32.1 Å². The van der Waals surface area contributed by atoms with Gasteiger partial charge in [0.1, 0.15) is 5.75 Å². The van der Waals surface area contributed by atoms with Gasteiger partial charge < -0.3 is 10.1 Å². The van der Waals surface area contributed by atoms with Crippen LogP contribution in [0.3, 0.4) is 0 Å². The first-order valence-corrected chi connectivity index (χ1v) is 10.5. The molecule has 9 heteroatoms. The molecule has 0 saturated carbocycles. The SMILES string of the molecule is CC(C)c1cc(Br)ccc1OCC(=O)NNC(=O)CCC(=O)Nc1ccccc1Cl. The van der Waals surface area contributed by atoms with Gasteiger partial charge in [-0.3, -0.25) is 25.2 Å². The summed E-state index contributed by atoms with van der Waals surface area (Å²) in [5, 5.41) is 3.04. The Hall–Kier alpha value is -2.58. The van der Waals surface area contributed by atoms with Crippen molar-refractivity contribution in [3.63, 3.8) is 0 Å². The van der Waals surface area contributed by atoms with E-state index in [9.17, 15) is 14.4 Å². The highest BCUT2D eigenvalue weighted by Crippen LogP contribution is 2.29. The van der Waals surface area contributed by atoms with Crippen molar-refractivity contribution in [2.24, 2.45) is 0 Å². The molecule has 0 radical (unpaired) electrons. The summed E-state index contributed by atoms with van der Waals surface area (Å²) >= 11 is 9.38. The summed E-state index contributed by atoms with van der Waals surface area (Å²) in [6.07, 6.45) is -0.151. The van der Waals surface area contributed by atoms with Crippen LogP contribution in [0.1, 0.15) is 38.2 Å². The van der Waals surface area contributed by atoms with Gasteiger partial charge in [-0.1, -0.05) is 53.5 Å². The van der Waals surface area contributed by atoms with E-state index in [1.165, 1.54) is 0 Å². The van der Waals surface area contributed by atoms with Crippen molar-refractivity contribution >= 4 is 50.9 Å². The number of hydrogen-bond acceptors (Lipinski definition) is 4. The lowest BCUT2D eigenvalue weighted by atomic mass is 10.0. The molecule has 0 bridgehead atoms. The third-order valence-corrected chi connectivity index (χ3v) is 4.84. The molecular weight excluding hydrogens is 474 g/mol. The number of hydrazine groups is 1. The molecule has 0 fully saturated rings. The van der Waals surface area contributed by atoms with Crippen molar-refractivity contribution in [2.45, 2.75) is 32.6 Å². The van der Waals surface area contributed by atoms with Crippen LogP contribution in [0.15, 0.2) is 46.9 Å². The standard InChI is InChI=1S/C21H23BrClN3O4/c1-13(2)15-11-14(22)7-8-18(15)30-12-21(29)26-25-20(28)10-9-19(27)24-17-6-4-3-5-16(17)23/h3-8,11,13H,9-10,12H2,1-2H3,(H,24,27)(H,25,28)(H,26,29). The molecule has 0 aromatic heterocycles. The molecule has 3 amide bonds. The zero-order valence-electron chi connectivity index (χ0n) is 16.6. The minimum Gasteiger partial charge on any atom is -0.483 e. The summed E-state index contributed by atoms with van der Waals surface area (Å²) in [6, 6.07) is 12.4. The second-order valence-corrected chi connectivity index (χ2v) is 8.07. The van der Waals surface area contributed by atoms with Gasteiger partial charge in [-0.2, -0.15) is 0 Å². The summed E-state index contributed by atoms with van der Waals surface area (Å²) in [5.41, 5.74) is 5.97. The van der Waals surface area contributed by atoms with Crippen molar-refractivity contribution in [1.82, 2.24) is 10.9 Å². The number of carbonyl (C=O) groups excluding carboxylic acids is 3. The van der Waals surface area contributed by atoms with Crippen molar-refractivity contribution in [1.29, 1.82) is 0 Å². The Kier molecular flexibility index (Phi) is 9.14. The van der Waals surface area contributed by atoms with Crippen LogP contribution < -0.4 is 20.9 Å². The number of carbonyl (C=O) groups is 3. The van der Waals surface area contributed by atoms with E-state index in [1.807, 2.05) is 26.0 Å². The lowest BCUT2D eigenvalue weighted by molar-refractivity contribution is -0.130. The molecule has 0 heterocycles. The Morgan fingerprint density at radius 2 is 1.67 bits per heavy atom. The zero-order chi connectivity index (χ0) is 22.1. The molecular formula is C21H23BrClN3O4. The largest absolute Gasteiger partial charge is 0.483 e. The number of halogens is 2. The zero-order valence-corrected chi connectivity index (χ0v) is 19.0. The molecule has 0 saturated heterocycles. The fourth-order valence-electron chi connectivity index (χ4n) is 2.49. The van der Waals surface area contributed by atoms with Crippen molar-refractivity contribution in [2.75, 3.05) is 11.9 Å². The van der Waals surface area contributed by atoms with Gasteiger partial charge in [0.25, 0.3) is 5.91 Å². The predicted molar refractivity (Wildman–Crippen MR) is 119 cm³/mol. The summed E-state index contributed by atoms with van der Waals surface area (Å²) in [4.78, 5) is 35.7. The van der Waals surface area contributed by atoms with Crippen LogP contribution >= 0.6 is 27.5 Å². The second-order valence-electron chi connectivity index (χ2n) is 6.75. The monoisotopic (exact) mass is 495 g/mol. The minimum atomic E-state index is -0.513. The van der Waals surface area contributed by atoms with Crippen molar-refractivity contribution in [3.8, 4) is 5.75 Å². The van der Waals surface area contributed by atoms with Crippen LogP contribution in [0.5, 0.6) is 5.75 Å². The van der Waals surface area contributed by atoms with Gasteiger partial charge in [-0.05, 0) is 41.8 Å². The molecule has 2 rings (SSSR count). The van der Waals surface area contributed by atoms with Crippen molar-refractivity contribution < 1.29 is 19.1 Å². The van der Waals surface area contributed by atoms with Gasteiger partial charge >= 0.3 is 0 Å². The van der Waals surface area contributed by atoms with E-state index in [0.717, 1.165) is 10.0 Å². The molecule has 0 aliphatic heterocycles. The summed E-state index contributed by atoms with van der Waals surface area (Å²) in [6.45, 7) is 3.79. The summed E-state index contributed by atoms with van der Waals surface area (Å²) in [7, 11) is 0. The molecule has 2 aromatic rings. The van der Waals surface area contributed by atoms with Crippen molar-refractivity contribution in [3.05, 3.63) is 57.5 Å². The molecule has 0 spiro atoms. The summed E-state index contributed by atoms with van der Waals surface area (Å²) in [5.74, 6) is -0.543. The second kappa shape index (κ2) is 11.6. The number of hydrogen-bond donors (Lipinski definition) is 3. The maximum atomic E-state index is 11.9. The highest BCUT2D eigenvalue weighted by molar-refractivity contribution is 9.10. The molecule has 0 aliphatic carbocycles. The van der Waals surface area contributed by atoms with Crippen LogP contribution in [-0.4, -0.2) is 24.3 Å². The number of rotatable bonds is 8. The number of para-hydroxylation sites is 1. The normalized spacial score (nSPS) is 10.4. The maximum Gasteiger partial charge on any atom is 0.276 e. The van der Waals surface area contributed by atoms with Gasteiger partial charge in [0.2, 0.25) is 11.8 Å². The van der Waals surface area contributed by atoms with E-state index in [0.29, 0.717) is 16.5 Å². The highest BCUT2D eigenvalue weighted by Gasteiger charge is 2.12. The van der Waals surface area contributed by atoms with Gasteiger partial charge in [-0.25, -0.2) is 0 Å². The van der Waals surface area contributed by atoms with Crippen LogP contribution in [-0.2, 0) is 14.4 Å². The van der Waals surface area contributed by atoms with E-state index in [-0.39, 0.29) is 31.3 Å². The quantitative estimate of drug-likeness (QED) is 0.478. The van der Waals surface area contributed by atoms with E-state index >= 15 is 0 Å². The Morgan fingerprint density at radius 1 is 1.00 bits per heavy atom. The van der Waals surface area contributed by atoms with Crippen LogP contribution in [0.4, 0.5) is 5.69 Å². The Bertz CT molecular complexity index is 921. The third kappa shape index (κ3) is 7.68. The number of benzene rings is 2. The van der Waals surface area contributed by atoms with Crippen LogP contribution in [0.2, 0.25) is 5.02 Å². The van der Waals surface area contributed by atoms with Crippen LogP contribution in [0, 0.1) is 0 Å². The molecule has 0 unspecified atom stereocenters. The predicted octanol–water partition coefficient (Wildman–Crippen LogP) is 4.17. The first kappa shape index (κ1) is 23.7. The smallest absolute Gasteiger partial charge is 0.276 e. The fraction of sp³-hybridized carbons (Fsp3) is 0.286. The maximum absolute atomic E-state index is 11.9. The molecule has 3 N–H and O–H groups in total. The van der Waals surface area contributed by atoms with Gasteiger partial charge in [0.05, 0.1) is 10.7 Å². The molecule has 2 aromatic carbocycles. The van der Waals surface area contributed by atoms with Gasteiger partial charge in [0, 0.05) is 17.3 Å². The average molecular weight is 497 g/mol. The van der Waals surface area contributed by atoms with Gasteiger partial charge in [-0.15, -0.1) is 0 Å². The summed E-state index contributed by atoms with van der Waals surface area (Å²) < 4.78 is 6.49. The van der Waals surface area contributed by atoms with E-state index in [4.69, 9.17) is 16.3 Å². The molecule has 7 nitrogen and oxygen atoms in total. The number of anilines is 1. The Balaban J connectivity index is 1.71. The topological polar surface area (TPSA) is 96.5 Å². The van der Waals surface area contributed by atoms with E-state index in [1.54, 1.807) is 30.3 Å². The Morgan fingerprint density at radius 3 is 2.37 bits per heavy atom. The first-order valence-electron chi connectivity index (χ1n) is 9.30. The number of ether oxygens (including phenoxy) is 1. The first-order chi connectivity index (χ1) is 14.3. The average Bonchev–Trinajstić information content (AvgIpc) is 2.71. The third-order valence-electron chi connectivity index (χ3n) is 4.02. The molecule has 30 heavy (non-hydrogen) atoms. The minimum absolute atomic E-state index is 0.0555. The number of nitrogens with one attached hydrogen (secondary N) is 3. The molecule has 0 atom stereocenters. The molecule has 0 aliphatic rings. The Labute approximate surface area is 188 Å². The lowest BCUT2D eigenvalue weighted by Gasteiger charge is -2.14. The fourth-order valence-corrected chi connectivity index (χ4v) is 3.05. The lowest BCUT2D eigenvalue weighted by Crippen LogP contribution is -2.44. The van der Waals surface area contributed by atoms with Gasteiger partial charge in [0.15, 0.2) is 6.61 Å². The highest BCUT2D eigenvalue weighted by atomic mass is 79.9. The number of amides is 3.